The highest BCUT2D eigenvalue weighted by molar-refractivity contribution is 5.79. The van der Waals surface area contributed by atoms with Crippen molar-refractivity contribution >= 4 is 5.96 Å². The SMILES string of the molecule is C=CCNC(=NCC(C)(C)OC)NCCc1ccco1. The van der Waals surface area contributed by atoms with Crippen LogP contribution < -0.4 is 10.6 Å². The molecular weight excluding hydrogens is 254 g/mol. The fourth-order valence-electron chi connectivity index (χ4n) is 1.44. The zero-order valence-electron chi connectivity index (χ0n) is 12.6. The predicted molar refractivity (Wildman–Crippen MR) is 82.0 cm³/mol. The van der Waals surface area contributed by atoms with Crippen LogP contribution in [-0.2, 0) is 11.2 Å². The van der Waals surface area contributed by atoms with E-state index in [0.29, 0.717) is 13.1 Å². The van der Waals surface area contributed by atoms with Crippen molar-refractivity contribution in [3.05, 3.63) is 36.8 Å². The summed E-state index contributed by atoms with van der Waals surface area (Å²) in [6.07, 6.45) is 4.29. The zero-order valence-corrected chi connectivity index (χ0v) is 12.6. The molecule has 1 heterocycles. The van der Waals surface area contributed by atoms with Crippen LogP contribution in [-0.4, -0.2) is 38.3 Å². The molecule has 0 saturated heterocycles. The van der Waals surface area contributed by atoms with Crippen molar-refractivity contribution < 1.29 is 9.15 Å². The lowest BCUT2D eigenvalue weighted by molar-refractivity contribution is 0.0311. The number of ether oxygens (including phenoxy) is 1. The van der Waals surface area contributed by atoms with Crippen molar-refractivity contribution in [3.63, 3.8) is 0 Å². The molecule has 0 atom stereocenters. The molecule has 1 aromatic rings. The Morgan fingerprint density at radius 2 is 2.30 bits per heavy atom. The molecule has 0 aliphatic carbocycles. The van der Waals surface area contributed by atoms with Gasteiger partial charge in [0.15, 0.2) is 5.96 Å². The van der Waals surface area contributed by atoms with E-state index < -0.39 is 0 Å². The zero-order chi connectivity index (χ0) is 14.8. The molecule has 1 rings (SSSR count). The summed E-state index contributed by atoms with van der Waals surface area (Å²) in [5.74, 6) is 1.71. The number of nitrogens with one attached hydrogen (secondary N) is 2. The number of furan rings is 1. The minimum atomic E-state index is -0.274. The first-order valence-corrected chi connectivity index (χ1v) is 6.78. The van der Waals surface area contributed by atoms with E-state index in [1.54, 1.807) is 19.4 Å². The lowest BCUT2D eigenvalue weighted by Gasteiger charge is -2.21. The summed E-state index contributed by atoms with van der Waals surface area (Å²) in [4.78, 5) is 4.51. The van der Waals surface area contributed by atoms with Gasteiger partial charge in [0.1, 0.15) is 5.76 Å². The monoisotopic (exact) mass is 279 g/mol. The molecule has 5 heteroatoms. The van der Waals surface area contributed by atoms with Gasteiger partial charge in [-0.05, 0) is 26.0 Å². The van der Waals surface area contributed by atoms with E-state index in [9.17, 15) is 0 Å². The number of methoxy groups -OCH3 is 1. The van der Waals surface area contributed by atoms with Crippen LogP contribution in [0.3, 0.4) is 0 Å². The van der Waals surface area contributed by atoms with Crippen LogP contribution in [0.4, 0.5) is 0 Å². The minimum Gasteiger partial charge on any atom is -0.469 e. The average Bonchev–Trinajstić information content (AvgIpc) is 2.94. The standard InChI is InChI=1S/C15H25N3O2/c1-5-9-16-14(18-12-15(2,3)19-4)17-10-8-13-7-6-11-20-13/h5-7,11H,1,8-10,12H2,2-4H3,(H2,16,17,18). The molecule has 0 aromatic carbocycles. The predicted octanol–water partition coefficient (Wildman–Crippen LogP) is 1.97. The molecule has 20 heavy (non-hydrogen) atoms. The van der Waals surface area contributed by atoms with E-state index in [1.807, 2.05) is 26.0 Å². The van der Waals surface area contributed by atoms with E-state index >= 15 is 0 Å². The highest BCUT2D eigenvalue weighted by atomic mass is 16.5. The third-order valence-electron chi connectivity index (χ3n) is 2.83. The molecule has 0 aliphatic rings. The molecule has 0 fully saturated rings. The molecule has 112 valence electrons. The molecule has 5 nitrogen and oxygen atoms in total. The van der Waals surface area contributed by atoms with Crippen molar-refractivity contribution in [2.75, 3.05) is 26.7 Å². The van der Waals surface area contributed by atoms with E-state index in [4.69, 9.17) is 9.15 Å². The third-order valence-corrected chi connectivity index (χ3v) is 2.83. The minimum absolute atomic E-state index is 0.274. The van der Waals surface area contributed by atoms with Crippen LogP contribution in [0.5, 0.6) is 0 Å². The number of hydrogen-bond acceptors (Lipinski definition) is 3. The summed E-state index contributed by atoms with van der Waals surface area (Å²) < 4.78 is 10.6. The van der Waals surface area contributed by atoms with Gasteiger partial charge in [-0.25, -0.2) is 0 Å². The third kappa shape index (κ3) is 6.43. The van der Waals surface area contributed by atoms with Crippen molar-refractivity contribution in [2.24, 2.45) is 4.99 Å². The molecule has 0 unspecified atom stereocenters. The van der Waals surface area contributed by atoms with E-state index in [0.717, 1.165) is 24.7 Å². The number of hydrogen-bond donors (Lipinski definition) is 2. The van der Waals surface area contributed by atoms with Gasteiger partial charge in [0, 0.05) is 26.6 Å². The maximum Gasteiger partial charge on any atom is 0.191 e. The second-order valence-electron chi connectivity index (χ2n) is 5.05. The molecule has 0 bridgehead atoms. The van der Waals surface area contributed by atoms with Crippen molar-refractivity contribution in [3.8, 4) is 0 Å². The molecule has 0 radical (unpaired) electrons. The van der Waals surface area contributed by atoms with E-state index in [1.165, 1.54) is 0 Å². The Kier molecular flexibility index (Phi) is 6.87. The lowest BCUT2D eigenvalue weighted by atomic mass is 10.1. The van der Waals surface area contributed by atoms with E-state index in [-0.39, 0.29) is 5.60 Å². The van der Waals surface area contributed by atoms with Crippen LogP contribution in [0.1, 0.15) is 19.6 Å². The molecule has 0 spiro atoms. The first kappa shape index (κ1) is 16.3. The van der Waals surface area contributed by atoms with Crippen LogP contribution in [0, 0.1) is 0 Å². The molecule has 1 aromatic heterocycles. The number of rotatable bonds is 8. The number of nitrogens with zero attached hydrogens (tertiary/aromatic N) is 1. The topological polar surface area (TPSA) is 58.8 Å². The first-order valence-electron chi connectivity index (χ1n) is 6.78. The smallest absolute Gasteiger partial charge is 0.191 e. The quantitative estimate of drug-likeness (QED) is 0.434. The molecule has 2 N–H and O–H groups in total. The van der Waals surface area contributed by atoms with Crippen molar-refractivity contribution in [1.29, 1.82) is 0 Å². The Bertz CT molecular complexity index is 411. The van der Waals surface area contributed by atoms with Gasteiger partial charge < -0.3 is 19.8 Å². The van der Waals surface area contributed by atoms with Gasteiger partial charge in [-0.3, -0.25) is 4.99 Å². The molecule has 0 amide bonds. The first-order chi connectivity index (χ1) is 9.57. The fourth-order valence-corrected chi connectivity index (χ4v) is 1.44. The highest BCUT2D eigenvalue weighted by Gasteiger charge is 2.15. The second-order valence-corrected chi connectivity index (χ2v) is 5.05. The van der Waals surface area contributed by atoms with Crippen molar-refractivity contribution in [1.82, 2.24) is 10.6 Å². The van der Waals surface area contributed by atoms with Gasteiger partial charge in [0.2, 0.25) is 0 Å². The normalized spacial score (nSPS) is 12.2. The molecule has 0 aliphatic heterocycles. The summed E-state index contributed by atoms with van der Waals surface area (Å²) in [6.45, 7) is 9.70. The summed E-state index contributed by atoms with van der Waals surface area (Å²) in [5.41, 5.74) is -0.274. The number of guanidine groups is 1. The fraction of sp³-hybridized carbons (Fsp3) is 0.533. The summed E-state index contributed by atoms with van der Waals surface area (Å²) in [6, 6.07) is 3.85. The van der Waals surface area contributed by atoms with E-state index in [2.05, 4.69) is 22.2 Å². The Hall–Kier alpha value is -1.75. The van der Waals surface area contributed by atoms with Crippen molar-refractivity contribution in [2.45, 2.75) is 25.9 Å². The lowest BCUT2D eigenvalue weighted by Crippen LogP contribution is -2.40. The summed E-state index contributed by atoms with van der Waals surface area (Å²) >= 11 is 0. The van der Waals surface area contributed by atoms with Gasteiger partial charge in [-0.2, -0.15) is 0 Å². The van der Waals surface area contributed by atoms with Crippen LogP contribution in [0.25, 0.3) is 0 Å². The van der Waals surface area contributed by atoms with Gasteiger partial charge in [-0.15, -0.1) is 6.58 Å². The molecular formula is C15H25N3O2. The van der Waals surface area contributed by atoms with Gasteiger partial charge in [0.05, 0.1) is 18.4 Å². The molecule has 0 saturated carbocycles. The Morgan fingerprint density at radius 1 is 1.50 bits per heavy atom. The van der Waals surface area contributed by atoms with Crippen LogP contribution in [0.2, 0.25) is 0 Å². The van der Waals surface area contributed by atoms with Crippen LogP contribution in [0.15, 0.2) is 40.5 Å². The highest BCUT2D eigenvalue weighted by Crippen LogP contribution is 2.07. The summed E-state index contributed by atoms with van der Waals surface area (Å²) in [7, 11) is 1.69. The maximum atomic E-state index is 5.36. The van der Waals surface area contributed by atoms with Crippen LogP contribution >= 0.6 is 0 Å². The average molecular weight is 279 g/mol. The Labute approximate surface area is 121 Å². The van der Waals surface area contributed by atoms with Gasteiger partial charge in [-0.1, -0.05) is 6.08 Å². The number of aliphatic imine (C=N–C) groups is 1. The largest absolute Gasteiger partial charge is 0.469 e. The Balaban J connectivity index is 2.45. The van der Waals surface area contributed by atoms with Gasteiger partial charge >= 0.3 is 0 Å². The maximum absolute atomic E-state index is 5.36. The Morgan fingerprint density at radius 3 is 2.90 bits per heavy atom. The summed E-state index contributed by atoms with van der Waals surface area (Å²) in [5, 5.41) is 6.45. The second kappa shape index (κ2) is 8.43. The van der Waals surface area contributed by atoms with Gasteiger partial charge in [0.25, 0.3) is 0 Å².